The predicted octanol–water partition coefficient (Wildman–Crippen LogP) is 2.14. The Morgan fingerprint density at radius 1 is 1.00 bits per heavy atom. The van der Waals surface area contributed by atoms with Crippen molar-refractivity contribution >= 4 is 5.91 Å². The third kappa shape index (κ3) is 4.28. The van der Waals surface area contributed by atoms with E-state index in [2.05, 4.69) is 5.32 Å². The van der Waals surface area contributed by atoms with E-state index in [1.54, 1.807) is 44.6 Å². The number of hydrogen-bond donors (Lipinski definition) is 1. The molecule has 0 aromatic heterocycles. The van der Waals surface area contributed by atoms with Gasteiger partial charge in [-0.3, -0.25) is 4.79 Å². The first-order valence-corrected chi connectivity index (χ1v) is 8.22. The monoisotopic (exact) mass is 375 g/mol. The molecule has 144 valence electrons. The van der Waals surface area contributed by atoms with Crippen LogP contribution in [0.25, 0.3) is 0 Å². The van der Waals surface area contributed by atoms with Gasteiger partial charge in [0.2, 0.25) is 12.5 Å². The molecule has 27 heavy (non-hydrogen) atoms. The molecule has 2 aromatic rings. The molecule has 1 aliphatic heterocycles. The van der Waals surface area contributed by atoms with E-state index in [0.717, 1.165) is 5.56 Å². The molecule has 1 aliphatic rings. The Balaban J connectivity index is 1.56. The Bertz CT molecular complexity index is 797. The van der Waals surface area contributed by atoms with E-state index >= 15 is 0 Å². The maximum atomic E-state index is 12.1. The Hall–Kier alpha value is -3.29. The van der Waals surface area contributed by atoms with E-state index < -0.39 is 0 Å². The van der Waals surface area contributed by atoms with Crippen molar-refractivity contribution in [1.29, 1.82) is 0 Å². The number of carbonyl (C=O) groups is 1. The second-order valence-electron chi connectivity index (χ2n) is 5.61. The highest BCUT2D eigenvalue weighted by atomic mass is 16.7. The van der Waals surface area contributed by atoms with Gasteiger partial charge >= 0.3 is 0 Å². The molecule has 0 radical (unpaired) electrons. The van der Waals surface area contributed by atoms with Gasteiger partial charge in [0.1, 0.15) is 5.75 Å². The van der Waals surface area contributed by atoms with Crippen molar-refractivity contribution < 1.29 is 33.2 Å². The number of methoxy groups -OCH3 is 3. The summed E-state index contributed by atoms with van der Waals surface area (Å²) in [5, 5.41) is 2.79. The van der Waals surface area contributed by atoms with Crippen LogP contribution >= 0.6 is 0 Å². The maximum Gasteiger partial charge on any atom is 0.258 e. The Morgan fingerprint density at radius 2 is 1.70 bits per heavy atom. The molecular weight excluding hydrogens is 354 g/mol. The Labute approximate surface area is 156 Å². The summed E-state index contributed by atoms with van der Waals surface area (Å²) in [6, 6.07) is 8.71. The number of hydrogen-bond acceptors (Lipinski definition) is 7. The van der Waals surface area contributed by atoms with Crippen LogP contribution in [-0.4, -0.2) is 40.6 Å². The van der Waals surface area contributed by atoms with Gasteiger partial charge < -0.3 is 33.7 Å². The highest BCUT2D eigenvalue weighted by Gasteiger charge is 2.15. The van der Waals surface area contributed by atoms with Gasteiger partial charge in [-0.2, -0.15) is 0 Å². The molecule has 1 N–H and O–H groups in total. The third-order valence-corrected chi connectivity index (χ3v) is 3.93. The molecule has 0 fully saturated rings. The maximum absolute atomic E-state index is 12.1. The lowest BCUT2D eigenvalue weighted by molar-refractivity contribution is -0.123. The lowest BCUT2D eigenvalue weighted by Gasteiger charge is -2.14. The van der Waals surface area contributed by atoms with Gasteiger partial charge in [-0.05, 0) is 29.8 Å². The molecule has 8 nitrogen and oxygen atoms in total. The molecule has 0 atom stereocenters. The minimum Gasteiger partial charge on any atom is -0.493 e. The lowest BCUT2D eigenvalue weighted by Crippen LogP contribution is -2.28. The molecule has 0 aliphatic carbocycles. The van der Waals surface area contributed by atoms with Crippen molar-refractivity contribution in [3.63, 3.8) is 0 Å². The fraction of sp³-hybridized carbons (Fsp3) is 0.316. The summed E-state index contributed by atoms with van der Waals surface area (Å²) in [4.78, 5) is 12.1. The molecule has 1 amide bonds. The van der Waals surface area contributed by atoms with E-state index in [1.807, 2.05) is 0 Å². The van der Waals surface area contributed by atoms with Crippen LogP contribution in [0.4, 0.5) is 0 Å². The fourth-order valence-electron chi connectivity index (χ4n) is 2.60. The van der Waals surface area contributed by atoms with Gasteiger partial charge in [0.25, 0.3) is 5.91 Å². The SMILES string of the molecule is COc1cc(CNC(=O)COc2ccc3c(c2)OCO3)cc(OC)c1OC. The zero-order valence-corrected chi connectivity index (χ0v) is 15.4. The van der Waals surface area contributed by atoms with Gasteiger partial charge in [0.15, 0.2) is 29.6 Å². The van der Waals surface area contributed by atoms with Crippen molar-refractivity contribution in [3.8, 4) is 34.5 Å². The van der Waals surface area contributed by atoms with Gasteiger partial charge in [0.05, 0.1) is 21.3 Å². The lowest BCUT2D eigenvalue weighted by atomic mass is 10.1. The van der Waals surface area contributed by atoms with Crippen LogP contribution in [0.1, 0.15) is 5.56 Å². The van der Waals surface area contributed by atoms with Crippen LogP contribution < -0.4 is 33.7 Å². The van der Waals surface area contributed by atoms with E-state index in [1.165, 1.54) is 7.11 Å². The van der Waals surface area contributed by atoms with Crippen molar-refractivity contribution in [2.75, 3.05) is 34.7 Å². The third-order valence-electron chi connectivity index (χ3n) is 3.93. The zero-order valence-electron chi connectivity index (χ0n) is 15.4. The number of fused-ring (bicyclic) bond motifs is 1. The highest BCUT2D eigenvalue weighted by Crippen LogP contribution is 2.38. The smallest absolute Gasteiger partial charge is 0.258 e. The quantitative estimate of drug-likeness (QED) is 0.757. The first-order chi connectivity index (χ1) is 13.1. The first-order valence-electron chi connectivity index (χ1n) is 8.22. The summed E-state index contributed by atoms with van der Waals surface area (Å²) in [7, 11) is 4.62. The summed E-state index contributed by atoms with van der Waals surface area (Å²) < 4.78 is 31.9. The van der Waals surface area contributed by atoms with E-state index in [-0.39, 0.29) is 19.3 Å². The average molecular weight is 375 g/mol. The normalized spacial score (nSPS) is 11.7. The molecule has 2 aromatic carbocycles. The van der Waals surface area contributed by atoms with Crippen molar-refractivity contribution in [1.82, 2.24) is 5.32 Å². The number of ether oxygens (including phenoxy) is 6. The minimum atomic E-state index is -0.263. The molecule has 0 unspecified atom stereocenters. The highest BCUT2D eigenvalue weighted by molar-refractivity contribution is 5.77. The number of nitrogens with one attached hydrogen (secondary N) is 1. The number of amides is 1. The van der Waals surface area contributed by atoms with E-state index in [9.17, 15) is 4.79 Å². The number of carbonyl (C=O) groups excluding carboxylic acids is 1. The van der Waals surface area contributed by atoms with Gasteiger partial charge in [-0.25, -0.2) is 0 Å². The van der Waals surface area contributed by atoms with Gasteiger partial charge in [-0.15, -0.1) is 0 Å². The molecule has 0 bridgehead atoms. The van der Waals surface area contributed by atoms with Gasteiger partial charge in [0, 0.05) is 12.6 Å². The fourth-order valence-corrected chi connectivity index (χ4v) is 2.60. The molecule has 0 saturated heterocycles. The summed E-state index contributed by atoms with van der Waals surface area (Å²) in [5.74, 6) is 3.08. The van der Waals surface area contributed by atoms with E-state index in [0.29, 0.717) is 41.0 Å². The second-order valence-corrected chi connectivity index (χ2v) is 5.61. The van der Waals surface area contributed by atoms with Crippen LogP contribution in [-0.2, 0) is 11.3 Å². The molecule has 0 saturated carbocycles. The zero-order chi connectivity index (χ0) is 19.2. The molecule has 3 rings (SSSR count). The largest absolute Gasteiger partial charge is 0.493 e. The summed E-state index contributed by atoms with van der Waals surface area (Å²) in [6.45, 7) is 0.359. The van der Waals surface area contributed by atoms with E-state index in [4.69, 9.17) is 28.4 Å². The topological polar surface area (TPSA) is 84.5 Å². The molecule has 1 heterocycles. The number of benzene rings is 2. The van der Waals surface area contributed by atoms with Crippen LogP contribution in [0, 0.1) is 0 Å². The van der Waals surface area contributed by atoms with Crippen LogP contribution in [0.5, 0.6) is 34.5 Å². The van der Waals surface area contributed by atoms with Crippen molar-refractivity contribution in [2.24, 2.45) is 0 Å². The Morgan fingerprint density at radius 3 is 2.37 bits per heavy atom. The van der Waals surface area contributed by atoms with Crippen LogP contribution in [0.15, 0.2) is 30.3 Å². The summed E-state index contributed by atoms with van der Waals surface area (Å²) in [6.07, 6.45) is 0. The number of rotatable bonds is 8. The second kappa shape index (κ2) is 8.39. The minimum absolute atomic E-state index is 0.121. The first kappa shape index (κ1) is 18.5. The average Bonchev–Trinajstić information content (AvgIpc) is 3.17. The van der Waals surface area contributed by atoms with Crippen molar-refractivity contribution in [3.05, 3.63) is 35.9 Å². The standard InChI is InChI=1S/C19H21NO7/c1-22-16-6-12(7-17(23-2)19(16)24-3)9-20-18(21)10-25-13-4-5-14-15(8-13)27-11-26-14/h4-8H,9-11H2,1-3H3,(H,20,21). The van der Waals surface area contributed by atoms with Crippen LogP contribution in [0.3, 0.4) is 0 Å². The molecular formula is C19H21NO7. The summed E-state index contributed by atoms with van der Waals surface area (Å²) >= 11 is 0. The predicted molar refractivity (Wildman–Crippen MR) is 96.0 cm³/mol. The van der Waals surface area contributed by atoms with Gasteiger partial charge in [-0.1, -0.05) is 0 Å². The van der Waals surface area contributed by atoms with Crippen LogP contribution in [0.2, 0.25) is 0 Å². The molecule has 0 spiro atoms. The van der Waals surface area contributed by atoms with Crippen molar-refractivity contribution in [2.45, 2.75) is 6.54 Å². The summed E-state index contributed by atoms with van der Waals surface area (Å²) in [5.41, 5.74) is 0.806. The Kier molecular flexibility index (Phi) is 5.75. The molecule has 8 heteroatoms.